The van der Waals surface area contributed by atoms with Crippen molar-refractivity contribution in [1.29, 1.82) is 0 Å². The van der Waals surface area contributed by atoms with Gasteiger partial charge in [0, 0.05) is 12.0 Å². The zero-order valence-corrected chi connectivity index (χ0v) is 27.6. The van der Waals surface area contributed by atoms with Crippen molar-refractivity contribution in [2.45, 2.75) is 164 Å². The highest BCUT2D eigenvalue weighted by atomic mass is 16.6. The molecule has 1 N–H and O–H groups in total. The molecular weight excluding hydrogens is 478 g/mol. The molecule has 226 valence electrons. The number of rotatable bonds is 9. The summed E-state index contributed by atoms with van der Waals surface area (Å²) < 4.78 is 6.01. The van der Waals surface area contributed by atoms with Gasteiger partial charge >= 0.3 is 6.09 Å². The first kappa shape index (κ1) is 32.5. The molecule has 4 aliphatic carbocycles. The molecule has 0 aromatic rings. The van der Waals surface area contributed by atoms with Crippen molar-refractivity contribution in [1.82, 2.24) is 5.32 Å². The van der Waals surface area contributed by atoms with Gasteiger partial charge in [0.2, 0.25) is 0 Å². The van der Waals surface area contributed by atoms with Crippen LogP contribution in [-0.4, -0.2) is 17.7 Å². The molecule has 0 aromatic heterocycles. The van der Waals surface area contributed by atoms with E-state index in [4.69, 9.17) is 4.74 Å². The van der Waals surface area contributed by atoms with E-state index in [2.05, 4.69) is 66.8 Å². The topological polar surface area (TPSA) is 38.3 Å². The van der Waals surface area contributed by atoms with Crippen LogP contribution in [0.15, 0.2) is 11.6 Å². The minimum atomic E-state index is -0.229. The van der Waals surface area contributed by atoms with Crippen molar-refractivity contribution in [2.24, 2.45) is 46.3 Å². The maximum atomic E-state index is 12.7. The van der Waals surface area contributed by atoms with Gasteiger partial charge in [-0.3, -0.25) is 0 Å². The van der Waals surface area contributed by atoms with E-state index >= 15 is 0 Å². The lowest BCUT2D eigenvalue weighted by molar-refractivity contribution is -0.0521. The van der Waals surface area contributed by atoms with Crippen LogP contribution in [0.1, 0.15) is 153 Å². The minimum Gasteiger partial charge on any atom is -0.446 e. The molecule has 7 atom stereocenters. The summed E-state index contributed by atoms with van der Waals surface area (Å²) in [5.41, 5.74) is 2.26. The van der Waals surface area contributed by atoms with Gasteiger partial charge in [-0.2, -0.15) is 0 Å². The van der Waals surface area contributed by atoms with Gasteiger partial charge < -0.3 is 10.1 Å². The number of carbonyl (C=O) groups is 1. The molecule has 4 rings (SSSR count). The third-order valence-electron chi connectivity index (χ3n) is 11.5. The summed E-state index contributed by atoms with van der Waals surface area (Å²) in [7, 11) is 0. The Bertz CT molecular complexity index is 828. The van der Waals surface area contributed by atoms with Crippen molar-refractivity contribution in [3.8, 4) is 0 Å². The van der Waals surface area contributed by atoms with E-state index in [0.29, 0.717) is 16.7 Å². The lowest BCUT2D eigenvalue weighted by Gasteiger charge is -2.58. The van der Waals surface area contributed by atoms with E-state index in [-0.39, 0.29) is 17.7 Å². The summed E-state index contributed by atoms with van der Waals surface area (Å²) in [5, 5.41) is 3.14. The monoisotopic (exact) mass is 544 g/mol. The number of nitrogens with one attached hydrogen (secondary N) is 1. The van der Waals surface area contributed by atoms with Crippen LogP contribution in [-0.2, 0) is 4.74 Å². The normalized spacial score (nSPS) is 35.8. The maximum absolute atomic E-state index is 12.7. The van der Waals surface area contributed by atoms with Crippen molar-refractivity contribution in [3.63, 3.8) is 0 Å². The molecule has 7 unspecified atom stereocenters. The van der Waals surface area contributed by atoms with Crippen LogP contribution in [0.4, 0.5) is 4.79 Å². The minimum absolute atomic E-state index is 0.0290. The molecule has 0 radical (unpaired) electrons. The Hall–Kier alpha value is -0.990. The van der Waals surface area contributed by atoms with Crippen LogP contribution >= 0.6 is 0 Å². The molecule has 1 amide bonds. The molecule has 0 saturated heterocycles. The van der Waals surface area contributed by atoms with E-state index in [9.17, 15) is 4.79 Å². The molecule has 3 nitrogen and oxygen atoms in total. The predicted octanol–water partition coefficient (Wildman–Crippen LogP) is 10.7. The number of allylic oxidation sites excluding steroid dienone is 1. The highest BCUT2D eigenvalue weighted by molar-refractivity contribution is 5.68. The summed E-state index contributed by atoms with van der Waals surface area (Å²) in [4.78, 5) is 12.7. The lowest BCUT2D eigenvalue weighted by atomic mass is 9.47. The number of unbranched alkanes of at least 4 members (excludes halogenated alkanes) is 1. The number of carbonyl (C=O) groups excluding carboxylic acids is 1. The fraction of sp³-hybridized carbons (Fsp3) is 0.917. The number of hydrogen-bond donors (Lipinski definition) is 1. The Kier molecular flexibility index (Phi) is 11.1. The summed E-state index contributed by atoms with van der Waals surface area (Å²) in [5.74, 6) is 4.95. The van der Waals surface area contributed by atoms with Crippen molar-refractivity contribution in [2.75, 3.05) is 0 Å². The molecule has 4 aliphatic rings. The van der Waals surface area contributed by atoms with Gasteiger partial charge in [0.15, 0.2) is 0 Å². The zero-order chi connectivity index (χ0) is 29.0. The average molecular weight is 544 g/mol. The highest BCUT2D eigenvalue weighted by Gasteiger charge is 2.58. The molecule has 0 heterocycles. The van der Waals surface area contributed by atoms with Gasteiger partial charge in [0.05, 0.1) is 0 Å². The van der Waals surface area contributed by atoms with E-state index in [1.54, 1.807) is 5.57 Å². The first-order valence-corrected chi connectivity index (χ1v) is 17.0. The molecule has 0 aliphatic heterocycles. The van der Waals surface area contributed by atoms with Gasteiger partial charge in [-0.05, 0) is 118 Å². The van der Waals surface area contributed by atoms with Gasteiger partial charge in [0.25, 0.3) is 0 Å². The second kappa shape index (κ2) is 13.3. The zero-order valence-electron chi connectivity index (χ0n) is 27.6. The van der Waals surface area contributed by atoms with Crippen LogP contribution in [0.3, 0.4) is 0 Å². The molecular formula is C36H65NO2. The highest BCUT2D eigenvalue weighted by Crippen LogP contribution is 2.66. The summed E-state index contributed by atoms with van der Waals surface area (Å²) in [6.45, 7) is 22.6. The van der Waals surface area contributed by atoms with E-state index in [1.807, 2.05) is 13.8 Å². The van der Waals surface area contributed by atoms with Gasteiger partial charge in [0.1, 0.15) is 6.10 Å². The second-order valence-corrected chi connectivity index (χ2v) is 15.6. The fourth-order valence-corrected chi connectivity index (χ4v) is 9.78. The fourth-order valence-electron chi connectivity index (χ4n) is 9.78. The smallest absolute Gasteiger partial charge is 0.407 e. The van der Waals surface area contributed by atoms with Crippen LogP contribution in [0.25, 0.3) is 0 Å². The Morgan fingerprint density at radius 2 is 1.72 bits per heavy atom. The summed E-state index contributed by atoms with van der Waals surface area (Å²) in [6, 6.07) is 0. The van der Waals surface area contributed by atoms with E-state index in [1.165, 1.54) is 64.2 Å². The van der Waals surface area contributed by atoms with Crippen LogP contribution < -0.4 is 5.32 Å². The Labute approximate surface area is 243 Å². The first-order chi connectivity index (χ1) is 18.3. The molecule has 39 heavy (non-hydrogen) atoms. The number of ether oxygens (including phenoxy) is 1. The summed E-state index contributed by atoms with van der Waals surface area (Å²) in [6.07, 6.45) is 19.2. The van der Waals surface area contributed by atoms with Crippen LogP contribution in [0.2, 0.25) is 0 Å². The quantitative estimate of drug-likeness (QED) is 0.232. The third-order valence-corrected chi connectivity index (χ3v) is 11.5. The number of alkyl carbamates (subject to hydrolysis) is 1. The van der Waals surface area contributed by atoms with Crippen LogP contribution in [0.5, 0.6) is 0 Å². The van der Waals surface area contributed by atoms with Gasteiger partial charge in [-0.1, -0.05) is 86.3 Å². The maximum Gasteiger partial charge on any atom is 0.407 e. The molecule has 3 heteroatoms. The SMILES string of the molecule is CC.CC(C)CCCCC1CCC2C3CC=C4CC(OC(=O)NC(C)(C)CC(C)C)CCC4(C)C3CCC12C. The molecule has 3 saturated carbocycles. The average Bonchev–Trinajstić information content (AvgIpc) is 3.18. The Balaban J connectivity index is 0.00000205. The number of fused-ring (bicyclic) bond motifs is 5. The standard InChI is InChI=1S/C34H59NO2.C2H6/c1-23(2)11-9-10-12-25-14-16-29-28-15-13-26-21-27(37-31(36)35-32(5,6)22-24(3)4)17-19-34(26,8)30(28)18-20-33(25,29)7;1-2/h13,23-25,27-30H,9-12,14-22H2,1-8H3,(H,35,36);1-2H3. The third kappa shape index (κ3) is 7.45. The van der Waals surface area contributed by atoms with Gasteiger partial charge in [-0.25, -0.2) is 4.79 Å². The molecule has 0 spiro atoms. The Morgan fingerprint density at radius 1 is 1.00 bits per heavy atom. The van der Waals surface area contributed by atoms with E-state index in [0.717, 1.165) is 48.9 Å². The van der Waals surface area contributed by atoms with Crippen LogP contribution in [0, 0.1) is 46.3 Å². The van der Waals surface area contributed by atoms with E-state index < -0.39 is 0 Å². The summed E-state index contributed by atoms with van der Waals surface area (Å²) >= 11 is 0. The Morgan fingerprint density at radius 3 is 2.38 bits per heavy atom. The molecule has 0 aromatic carbocycles. The van der Waals surface area contributed by atoms with Crippen molar-refractivity contribution >= 4 is 6.09 Å². The number of hydrogen-bond acceptors (Lipinski definition) is 2. The molecule has 0 bridgehead atoms. The van der Waals surface area contributed by atoms with Crippen molar-refractivity contribution in [3.05, 3.63) is 11.6 Å². The van der Waals surface area contributed by atoms with Gasteiger partial charge in [-0.15, -0.1) is 0 Å². The number of amides is 1. The largest absolute Gasteiger partial charge is 0.446 e. The predicted molar refractivity (Wildman–Crippen MR) is 167 cm³/mol. The molecule has 3 fully saturated rings. The second-order valence-electron chi connectivity index (χ2n) is 15.6. The van der Waals surface area contributed by atoms with Crippen molar-refractivity contribution < 1.29 is 9.53 Å². The lowest BCUT2D eigenvalue weighted by Crippen LogP contribution is -2.51. The first-order valence-electron chi connectivity index (χ1n) is 17.0.